The van der Waals surface area contributed by atoms with Crippen molar-refractivity contribution in [1.82, 2.24) is 9.78 Å². The SMILES string of the molecule is Cc1cnn(-c2cc(C=O)ccc2Cl)c1. The van der Waals surface area contributed by atoms with E-state index >= 15 is 0 Å². The van der Waals surface area contributed by atoms with E-state index in [1.807, 2.05) is 13.1 Å². The van der Waals surface area contributed by atoms with Gasteiger partial charge in [0.25, 0.3) is 0 Å². The molecule has 1 heterocycles. The maximum absolute atomic E-state index is 10.6. The Morgan fingerprint density at radius 1 is 1.47 bits per heavy atom. The lowest BCUT2D eigenvalue weighted by molar-refractivity contribution is 0.112. The number of rotatable bonds is 2. The van der Waals surface area contributed by atoms with E-state index in [1.54, 1.807) is 29.1 Å². The molecule has 0 aliphatic rings. The summed E-state index contributed by atoms with van der Waals surface area (Å²) in [5, 5.41) is 4.71. The lowest BCUT2D eigenvalue weighted by Gasteiger charge is -2.04. The van der Waals surface area contributed by atoms with E-state index in [4.69, 9.17) is 11.6 Å². The normalized spacial score (nSPS) is 10.3. The minimum atomic E-state index is 0.573. The third kappa shape index (κ3) is 1.92. The van der Waals surface area contributed by atoms with Crippen molar-refractivity contribution < 1.29 is 4.79 Å². The molecule has 3 nitrogen and oxygen atoms in total. The lowest BCUT2D eigenvalue weighted by Crippen LogP contribution is -1.96. The van der Waals surface area contributed by atoms with Crippen LogP contribution in [-0.2, 0) is 0 Å². The largest absolute Gasteiger partial charge is 0.298 e. The van der Waals surface area contributed by atoms with E-state index in [-0.39, 0.29) is 0 Å². The van der Waals surface area contributed by atoms with E-state index in [0.29, 0.717) is 10.6 Å². The van der Waals surface area contributed by atoms with Gasteiger partial charge in [0.05, 0.1) is 16.9 Å². The number of benzene rings is 1. The second kappa shape index (κ2) is 3.87. The predicted molar refractivity (Wildman–Crippen MR) is 58.7 cm³/mol. The fraction of sp³-hybridized carbons (Fsp3) is 0.0909. The van der Waals surface area contributed by atoms with E-state index in [2.05, 4.69) is 5.10 Å². The number of aromatic nitrogens is 2. The molecule has 0 spiro atoms. The Hall–Kier alpha value is -1.61. The van der Waals surface area contributed by atoms with E-state index in [9.17, 15) is 4.79 Å². The number of aryl methyl sites for hydroxylation is 1. The number of halogens is 1. The fourth-order valence-corrected chi connectivity index (χ4v) is 1.53. The van der Waals surface area contributed by atoms with Gasteiger partial charge in [-0.2, -0.15) is 5.10 Å². The molecule has 0 bridgehead atoms. The van der Waals surface area contributed by atoms with Crippen molar-refractivity contribution in [2.45, 2.75) is 6.92 Å². The van der Waals surface area contributed by atoms with E-state index in [0.717, 1.165) is 17.5 Å². The summed E-state index contributed by atoms with van der Waals surface area (Å²) in [6, 6.07) is 5.08. The molecule has 0 atom stereocenters. The summed E-state index contributed by atoms with van der Waals surface area (Å²) in [6.45, 7) is 1.95. The summed E-state index contributed by atoms with van der Waals surface area (Å²) in [6.07, 6.45) is 4.38. The predicted octanol–water partition coefficient (Wildman–Crippen LogP) is 2.65. The van der Waals surface area contributed by atoms with Gasteiger partial charge in [0.1, 0.15) is 6.29 Å². The van der Waals surface area contributed by atoms with Crippen LogP contribution in [0.1, 0.15) is 15.9 Å². The summed E-state index contributed by atoms with van der Waals surface area (Å²) in [5.74, 6) is 0. The Morgan fingerprint density at radius 3 is 2.87 bits per heavy atom. The topological polar surface area (TPSA) is 34.9 Å². The maximum Gasteiger partial charge on any atom is 0.150 e. The fourth-order valence-electron chi connectivity index (χ4n) is 1.32. The lowest BCUT2D eigenvalue weighted by atomic mass is 10.2. The van der Waals surface area contributed by atoms with Crippen molar-refractivity contribution >= 4 is 17.9 Å². The number of aldehydes is 1. The van der Waals surface area contributed by atoms with Crippen LogP contribution in [0.5, 0.6) is 0 Å². The molecule has 0 saturated carbocycles. The zero-order valence-corrected chi connectivity index (χ0v) is 8.90. The molecule has 2 rings (SSSR count). The molecule has 0 amide bonds. The Balaban J connectivity index is 2.55. The van der Waals surface area contributed by atoms with Crippen molar-refractivity contribution in [3.8, 4) is 5.69 Å². The van der Waals surface area contributed by atoms with E-state index in [1.165, 1.54) is 0 Å². The zero-order valence-electron chi connectivity index (χ0n) is 8.14. The summed E-state index contributed by atoms with van der Waals surface area (Å²) in [5.41, 5.74) is 2.35. The highest BCUT2D eigenvalue weighted by atomic mass is 35.5. The van der Waals surface area contributed by atoms with Crippen LogP contribution in [0.2, 0.25) is 5.02 Å². The van der Waals surface area contributed by atoms with Gasteiger partial charge in [-0.3, -0.25) is 4.79 Å². The van der Waals surface area contributed by atoms with Crippen LogP contribution in [-0.4, -0.2) is 16.1 Å². The van der Waals surface area contributed by atoms with Gasteiger partial charge in [0.2, 0.25) is 0 Å². The Morgan fingerprint density at radius 2 is 2.27 bits per heavy atom. The second-order valence-corrected chi connectivity index (χ2v) is 3.70. The van der Waals surface area contributed by atoms with Crippen molar-refractivity contribution in [1.29, 1.82) is 0 Å². The van der Waals surface area contributed by atoms with E-state index < -0.39 is 0 Å². The van der Waals surface area contributed by atoms with Gasteiger partial charge >= 0.3 is 0 Å². The molecular formula is C11H9ClN2O. The van der Waals surface area contributed by atoms with Gasteiger partial charge in [-0.1, -0.05) is 17.7 Å². The Kier molecular flexibility index (Phi) is 2.56. The zero-order chi connectivity index (χ0) is 10.8. The van der Waals surface area contributed by atoms with Crippen LogP contribution < -0.4 is 0 Å². The molecule has 15 heavy (non-hydrogen) atoms. The summed E-state index contributed by atoms with van der Waals surface area (Å²) in [4.78, 5) is 10.6. The molecular weight excluding hydrogens is 212 g/mol. The van der Waals surface area contributed by atoms with Gasteiger partial charge < -0.3 is 0 Å². The quantitative estimate of drug-likeness (QED) is 0.730. The molecule has 0 unspecified atom stereocenters. The Labute approximate surface area is 92.3 Å². The molecule has 0 aliphatic carbocycles. The van der Waals surface area contributed by atoms with Gasteiger partial charge in [-0.15, -0.1) is 0 Å². The van der Waals surface area contributed by atoms with Crippen LogP contribution in [0.25, 0.3) is 5.69 Å². The number of carbonyl (C=O) groups is 1. The highest BCUT2D eigenvalue weighted by Gasteiger charge is 2.04. The molecule has 0 fully saturated rings. The summed E-state index contributed by atoms with van der Waals surface area (Å²) >= 11 is 6.02. The molecule has 4 heteroatoms. The smallest absolute Gasteiger partial charge is 0.150 e. The minimum absolute atomic E-state index is 0.573. The molecule has 76 valence electrons. The monoisotopic (exact) mass is 220 g/mol. The van der Waals surface area contributed by atoms with Crippen LogP contribution in [0.15, 0.2) is 30.6 Å². The average Bonchev–Trinajstić information content (AvgIpc) is 2.65. The molecule has 1 aromatic carbocycles. The first-order chi connectivity index (χ1) is 7.20. The van der Waals surface area contributed by atoms with Gasteiger partial charge in [-0.25, -0.2) is 4.68 Å². The third-order valence-corrected chi connectivity index (χ3v) is 2.38. The standard InChI is InChI=1S/C11H9ClN2O/c1-8-5-13-14(6-8)11-4-9(7-15)2-3-10(11)12/h2-7H,1H3. The average molecular weight is 221 g/mol. The number of nitrogens with zero attached hydrogens (tertiary/aromatic N) is 2. The van der Waals surface area contributed by atoms with Crippen LogP contribution in [0, 0.1) is 6.92 Å². The number of hydrogen-bond acceptors (Lipinski definition) is 2. The number of hydrogen-bond donors (Lipinski definition) is 0. The van der Waals surface area contributed by atoms with Crippen LogP contribution in [0.3, 0.4) is 0 Å². The number of carbonyl (C=O) groups excluding carboxylic acids is 1. The third-order valence-electron chi connectivity index (χ3n) is 2.06. The Bertz CT molecular complexity index is 505. The van der Waals surface area contributed by atoms with Gasteiger partial charge in [-0.05, 0) is 24.6 Å². The molecule has 2 aromatic rings. The molecule has 0 N–H and O–H groups in total. The van der Waals surface area contributed by atoms with Crippen molar-refractivity contribution in [3.63, 3.8) is 0 Å². The molecule has 1 aromatic heterocycles. The molecule has 0 saturated heterocycles. The highest BCUT2D eigenvalue weighted by Crippen LogP contribution is 2.20. The minimum Gasteiger partial charge on any atom is -0.298 e. The van der Waals surface area contributed by atoms with Gasteiger partial charge in [0, 0.05) is 11.8 Å². The first kappa shape index (κ1) is 9.93. The second-order valence-electron chi connectivity index (χ2n) is 3.29. The molecule has 0 radical (unpaired) electrons. The van der Waals surface area contributed by atoms with Gasteiger partial charge in [0.15, 0.2) is 0 Å². The van der Waals surface area contributed by atoms with Crippen molar-refractivity contribution in [2.75, 3.05) is 0 Å². The van der Waals surface area contributed by atoms with Crippen molar-refractivity contribution in [3.05, 3.63) is 46.7 Å². The molecule has 0 aliphatic heterocycles. The van der Waals surface area contributed by atoms with Crippen LogP contribution >= 0.6 is 11.6 Å². The highest BCUT2D eigenvalue weighted by molar-refractivity contribution is 6.32. The first-order valence-electron chi connectivity index (χ1n) is 4.47. The maximum atomic E-state index is 10.6. The van der Waals surface area contributed by atoms with Crippen molar-refractivity contribution in [2.24, 2.45) is 0 Å². The first-order valence-corrected chi connectivity index (χ1v) is 4.85. The summed E-state index contributed by atoms with van der Waals surface area (Å²) in [7, 11) is 0. The van der Waals surface area contributed by atoms with Crippen LogP contribution in [0.4, 0.5) is 0 Å². The summed E-state index contributed by atoms with van der Waals surface area (Å²) < 4.78 is 1.66.